The van der Waals surface area contributed by atoms with Crippen LogP contribution in [-0.4, -0.2) is 12.6 Å². The van der Waals surface area contributed by atoms with Crippen LogP contribution in [0.5, 0.6) is 0 Å². The summed E-state index contributed by atoms with van der Waals surface area (Å²) in [7, 11) is 0. The third-order valence-corrected chi connectivity index (χ3v) is 3.35. The van der Waals surface area contributed by atoms with Crippen LogP contribution in [0.1, 0.15) is 58.3 Å². The van der Waals surface area contributed by atoms with Crippen LogP contribution in [0.3, 0.4) is 0 Å². The minimum Gasteiger partial charge on any atom is -1.00 e. The van der Waals surface area contributed by atoms with Crippen LogP contribution in [0.2, 0.25) is 0 Å². The molecule has 1 heterocycles. The van der Waals surface area contributed by atoms with Gasteiger partial charge in [0.15, 0.2) is 12.4 Å². The predicted octanol–water partition coefficient (Wildman–Crippen LogP) is 0.662. The van der Waals surface area contributed by atoms with Gasteiger partial charge in [0.1, 0.15) is 0 Å². The fourth-order valence-corrected chi connectivity index (χ4v) is 2.16. The van der Waals surface area contributed by atoms with E-state index in [2.05, 4.69) is 6.92 Å². The maximum absolute atomic E-state index is 11.6. The number of rotatable bonds is 11. The average Bonchev–Trinajstić information content (AvgIpc) is 2.46. The van der Waals surface area contributed by atoms with Crippen LogP contribution in [0.4, 0.5) is 0 Å². The molecule has 0 N–H and O–H groups in total. The second-order valence-electron chi connectivity index (χ2n) is 5.24. The molecule has 0 saturated heterocycles. The summed E-state index contributed by atoms with van der Waals surface area (Å²) in [6.45, 7) is 3.10. The number of carbonyl (C=O) groups is 1. The van der Waals surface area contributed by atoms with Crippen molar-refractivity contribution in [1.82, 2.24) is 0 Å². The van der Waals surface area contributed by atoms with Crippen LogP contribution in [0.25, 0.3) is 0 Å². The standard InChI is InChI=1S/C17H28NO2.ClH/c1-2-3-4-5-6-7-8-12-15-20-17(19)16-18-13-10-9-11-14-18;/h9-11,13-14H,2-8,12,15-16H2,1H3;1H/q+1;/p-1. The van der Waals surface area contributed by atoms with Gasteiger partial charge < -0.3 is 17.1 Å². The van der Waals surface area contributed by atoms with Crippen molar-refractivity contribution in [2.24, 2.45) is 0 Å². The van der Waals surface area contributed by atoms with Gasteiger partial charge in [-0.3, -0.25) is 0 Å². The van der Waals surface area contributed by atoms with Gasteiger partial charge in [-0.05, 0) is 6.42 Å². The second kappa shape index (κ2) is 13.9. The van der Waals surface area contributed by atoms with Crippen molar-refractivity contribution in [3.05, 3.63) is 30.6 Å². The first kappa shape index (κ1) is 19.9. The Labute approximate surface area is 135 Å². The molecule has 0 spiro atoms. The number of aromatic nitrogens is 1. The Balaban J connectivity index is 0.00000400. The molecule has 1 rings (SSSR count). The van der Waals surface area contributed by atoms with Crippen LogP contribution < -0.4 is 17.0 Å². The maximum Gasteiger partial charge on any atom is 0.372 e. The predicted molar refractivity (Wildman–Crippen MR) is 80.2 cm³/mol. The number of hydrogen-bond acceptors (Lipinski definition) is 2. The summed E-state index contributed by atoms with van der Waals surface area (Å²) >= 11 is 0. The average molecular weight is 314 g/mol. The number of unbranched alkanes of at least 4 members (excludes halogenated alkanes) is 7. The Hall–Kier alpha value is -1.09. The molecule has 120 valence electrons. The lowest BCUT2D eigenvalue weighted by molar-refractivity contribution is -0.686. The Morgan fingerprint density at radius 3 is 2.10 bits per heavy atom. The Kier molecular flexibility index (Phi) is 13.2. The highest BCUT2D eigenvalue weighted by atomic mass is 35.5. The first-order chi connectivity index (χ1) is 9.83. The van der Waals surface area contributed by atoms with Gasteiger partial charge in [-0.2, -0.15) is 4.57 Å². The smallest absolute Gasteiger partial charge is 0.372 e. The quantitative estimate of drug-likeness (QED) is 0.341. The molecule has 21 heavy (non-hydrogen) atoms. The lowest BCUT2D eigenvalue weighted by Gasteiger charge is -2.03. The molecule has 0 aliphatic heterocycles. The lowest BCUT2D eigenvalue weighted by Crippen LogP contribution is -3.00. The SMILES string of the molecule is CCCCCCCCCCOC(=O)C[n+]1ccccc1.[Cl-]. The fourth-order valence-electron chi connectivity index (χ4n) is 2.16. The van der Waals surface area contributed by atoms with Crippen molar-refractivity contribution in [3.63, 3.8) is 0 Å². The third kappa shape index (κ3) is 11.3. The van der Waals surface area contributed by atoms with E-state index < -0.39 is 0 Å². The summed E-state index contributed by atoms with van der Waals surface area (Å²) in [5.74, 6) is -0.149. The first-order valence-electron chi connectivity index (χ1n) is 7.92. The van der Waals surface area contributed by atoms with Crippen LogP contribution in [0, 0.1) is 0 Å². The van der Waals surface area contributed by atoms with Gasteiger partial charge in [-0.1, -0.05) is 57.9 Å². The number of ether oxygens (including phenoxy) is 1. The zero-order valence-electron chi connectivity index (χ0n) is 13.1. The highest BCUT2D eigenvalue weighted by Crippen LogP contribution is 2.08. The van der Waals surface area contributed by atoms with Gasteiger partial charge in [-0.15, -0.1) is 0 Å². The molecule has 0 amide bonds. The van der Waals surface area contributed by atoms with E-state index in [0.717, 1.165) is 12.8 Å². The molecule has 3 nitrogen and oxygen atoms in total. The maximum atomic E-state index is 11.6. The number of hydrogen-bond donors (Lipinski definition) is 0. The number of halogens is 1. The van der Waals surface area contributed by atoms with E-state index in [4.69, 9.17) is 4.74 Å². The van der Waals surface area contributed by atoms with Crippen molar-refractivity contribution >= 4 is 5.97 Å². The monoisotopic (exact) mass is 313 g/mol. The minimum absolute atomic E-state index is 0. The van der Waals surface area contributed by atoms with E-state index in [-0.39, 0.29) is 18.4 Å². The zero-order valence-corrected chi connectivity index (χ0v) is 13.9. The molecule has 0 bridgehead atoms. The molecule has 4 heteroatoms. The van der Waals surface area contributed by atoms with E-state index in [1.807, 2.05) is 35.2 Å². The topological polar surface area (TPSA) is 30.2 Å². The molecule has 1 aromatic heterocycles. The Morgan fingerprint density at radius 2 is 1.48 bits per heavy atom. The summed E-state index contributed by atoms with van der Waals surface area (Å²) in [6, 6.07) is 5.75. The Bertz CT molecular complexity index is 357. The molecule has 0 unspecified atom stereocenters. The summed E-state index contributed by atoms with van der Waals surface area (Å²) in [5.41, 5.74) is 0. The van der Waals surface area contributed by atoms with Crippen molar-refractivity contribution in [3.8, 4) is 0 Å². The molecule has 0 atom stereocenters. The van der Waals surface area contributed by atoms with Crippen molar-refractivity contribution in [1.29, 1.82) is 0 Å². The van der Waals surface area contributed by atoms with Crippen molar-refractivity contribution in [2.45, 2.75) is 64.8 Å². The van der Waals surface area contributed by atoms with Gasteiger partial charge in [0, 0.05) is 12.1 Å². The zero-order chi connectivity index (χ0) is 14.5. The van der Waals surface area contributed by atoms with Crippen LogP contribution >= 0.6 is 0 Å². The van der Waals surface area contributed by atoms with E-state index >= 15 is 0 Å². The first-order valence-corrected chi connectivity index (χ1v) is 7.92. The molecule has 0 fully saturated rings. The van der Waals surface area contributed by atoms with Crippen molar-refractivity contribution < 1.29 is 26.5 Å². The normalized spacial score (nSPS) is 9.95. The number of esters is 1. The third-order valence-electron chi connectivity index (χ3n) is 3.35. The molecular formula is C17H28ClNO2. The number of carbonyl (C=O) groups excluding carboxylic acids is 1. The van der Waals surface area contributed by atoms with E-state index in [0.29, 0.717) is 13.2 Å². The molecule has 0 aliphatic rings. The minimum atomic E-state index is -0.149. The second-order valence-corrected chi connectivity index (χ2v) is 5.24. The van der Waals surface area contributed by atoms with Gasteiger partial charge in [0.25, 0.3) is 0 Å². The molecule has 1 aromatic rings. The molecule has 0 saturated carbocycles. The summed E-state index contributed by atoms with van der Waals surface area (Å²) in [6.07, 6.45) is 13.8. The molecular weight excluding hydrogens is 286 g/mol. The van der Waals surface area contributed by atoms with E-state index in [1.54, 1.807) is 0 Å². The Morgan fingerprint density at radius 1 is 0.905 bits per heavy atom. The van der Waals surface area contributed by atoms with E-state index in [9.17, 15) is 4.79 Å². The molecule has 0 aromatic carbocycles. The van der Waals surface area contributed by atoms with Gasteiger partial charge >= 0.3 is 5.97 Å². The fraction of sp³-hybridized carbons (Fsp3) is 0.647. The van der Waals surface area contributed by atoms with Gasteiger partial charge in [0.05, 0.1) is 6.61 Å². The van der Waals surface area contributed by atoms with Gasteiger partial charge in [0.2, 0.25) is 6.54 Å². The lowest BCUT2D eigenvalue weighted by atomic mass is 10.1. The summed E-state index contributed by atoms with van der Waals surface area (Å²) in [5, 5.41) is 0. The van der Waals surface area contributed by atoms with Crippen LogP contribution in [0.15, 0.2) is 30.6 Å². The summed E-state index contributed by atoms with van der Waals surface area (Å²) < 4.78 is 7.06. The highest BCUT2D eigenvalue weighted by Gasteiger charge is 2.08. The van der Waals surface area contributed by atoms with Gasteiger partial charge in [-0.25, -0.2) is 4.79 Å². The highest BCUT2D eigenvalue weighted by molar-refractivity contribution is 5.67. The van der Waals surface area contributed by atoms with Crippen LogP contribution in [-0.2, 0) is 16.1 Å². The number of nitrogens with zero attached hydrogens (tertiary/aromatic N) is 1. The molecule has 0 radical (unpaired) electrons. The van der Waals surface area contributed by atoms with E-state index in [1.165, 1.54) is 38.5 Å². The number of pyridine rings is 1. The summed E-state index contributed by atoms with van der Waals surface area (Å²) in [4.78, 5) is 11.6. The molecule has 0 aliphatic carbocycles. The largest absolute Gasteiger partial charge is 1.00 e. The van der Waals surface area contributed by atoms with Crippen molar-refractivity contribution in [2.75, 3.05) is 6.61 Å².